The van der Waals surface area contributed by atoms with Crippen LogP contribution in [0, 0.1) is 0 Å². The van der Waals surface area contributed by atoms with E-state index in [1.54, 1.807) is 19.2 Å². The molecular weight excluding hydrogens is 170 g/mol. The van der Waals surface area contributed by atoms with Gasteiger partial charge < -0.3 is 20.3 Å². The predicted octanol–water partition coefficient (Wildman–Crippen LogP) is 0.778. The summed E-state index contributed by atoms with van der Waals surface area (Å²) in [6, 6.07) is 3.33. The van der Waals surface area contributed by atoms with Gasteiger partial charge in [0.2, 0.25) is 0 Å². The Kier molecular flexibility index (Phi) is 2.97. The summed E-state index contributed by atoms with van der Waals surface area (Å²) in [4.78, 5) is 0. The van der Waals surface area contributed by atoms with E-state index in [1.165, 1.54) is 7.11 Å². The van der Waals surface area contributed by atoms with Gasteiger partial charge in [-0.15, -0.1) is 0 Å². The number of aliphatic hydroxyl groups is 1. The summed E-state index contributed by atoms with van der Waals surface area (Å²) in [6.07, 6.45) is 0. The molecule has 0 bridgehead atoms. The first-order valence-electron chi connectivity index (χ1n) is 3.84. The minimum Gasteiger partial charge on any atom is -0.497 e. The fraction of sp³-hybridized carbons (Fsp3) is 0.333. The van der Waals surface area contributed by atoms with Crippen molar-refractivity contribution in [1.82, 2.24) is 0 Å². The average molecular weight is 183 g/mol. The zero-order chi connectivity index (χ0) is 9.84. The highest BCUT2D eigenvalue weighted by atomic mass is 16.5. The number of hydrogen-bond donors (Lipinski definition) is 2. The van der Waals surface area contributed by atoms with E-state index in [4.69, 9.17) is 20.3 Å². The standard InChI is InChI=1S/C9H13NO3/c1-12-6-3-8(10)7(5-11)9(4-6)13-2/h3-4,11H,5,10H2,1-2H3. The summed E-state index contributed by atoms with van der Waals surface area (Å²) in [5.74, 6) is 1.16. The van der Waals surface area contributed by atoms with Crippen LogP contribution in [-0.2, 0) is 6.61 Å². The molecule has 0 amide bonds. The van der Waals surface area contributed by atoms with Crippen LogP contribution in [0.3, 0.4) is 0 Å². The van der Waals surface area contributed by atoms with E-state index in [2.05, 4.69) is 0 Å². The van der Waals surface area contributed by atoms with E-state index in [1.807, 2.05) is 0 Å². The zero-order valence-electron chi connectivity index (χ0n) is 7.70. The molecule has 0 saturated carbocycles. The quantitative estimate of drug-likeness (QED) is 0.679. The van der Waals surface area contributed by atoms with Crippen LogP contribution in [0.25, 0.3) is 0 Å². The van der Waals surface area contributed by atoms with Crippen molar-refractivity contribution < 1.29 is 14.6 Å². The molecule has 13 heavy (non-hydrogen) atoms. The number of rotatable bonds is 3. The molecule has 0 spiro atoms. The monoisotopic (exact) mass is 183 g/mol. The molecule has 0 aliphatic heterocycles. The second kappa shape index (κ2) is 4.00. The highest BCUT2D eigenvalue weighted by molar-refractivity contribution is 5.58. The molecule has 0 aliphatic carbocycles. The average Bonchev–Trinajstić information content (AvgIpc) is 2.16. The maximum Gasteiger partial charge on any atom is 0.130 e. The second-order valence-electron chi connectivity index (χ2n) is 2.56. The lowest BCUT2D eigenvalue weighted by Gasteiger charge is -2.11. The Bertz CT molecular complexity index is 299. The Hall–Kier alpha value is -1.42. The van der Waals surface area contributed by atoms with E-state index in [0.717, 1.165) is 0 Å². The van der Waals surface area contributed by atoms with Gasteiger partial charge in [0.15, 0.2) is 0 Å². The van der Waals surface area contributed by atoms with E-state index in [0.29, 0.717) is 22.7 Å². The fourth-order valence-electron chi connectivity index (χ4n) is 1.11. The van der Waals surface area contributed by atoms with Crippen LogP contribution >= 0.6 is 0 Å². The third-order valence-electron chi connectivity index (χ3n) is 1.83. The van der Waals surface area contributed by atoms with Crippen molar-refractivity contribution in [3.8, 4) is 11.5 Å². The SMILES string of the molecule is COc1cc(N)c(CO)c(OC)c1. The molecule has 72 valence electrons. The molecule has 0 heterocycles. The second-order valence-corrected chi connectivity index (χ2v) is 2.56. The molecule has 0 saturated heterocycles. The van der Waals surface area contributed by atoms with Crippen LogP contribution in [0.4, 0.5) is 5.69 Å². The number of aliphatic hydroxyl groups excluding tert-OH is 1. The topological polar surface area (TPSA) is 64.7 Å². The van der Waals surface area contributed by atoms with Gasteiger partial charge >= 0.3 is 0 Å². The van der Waals surface area contributed by atoms with Crippen LogP contribution in [0.5, 0.6) is 11.5 Å². The summed E-state index contributed by atoms with van der Waals surface area (Å²) < 4.78 is 10.0. The maximum atomic E-state index is 8.99. The Morgan fingerprint density at radius 1 is 1.31 bits per heavy atom. The molecule has 0 aliphatic rings. The summed E-state index contributed by atoms with van der Waals surface area (Å²) in [7, 11) is 3.07. The van der Waals surface area contributed by atoms with Crippen LogP contribution < -0.4 is 15.2 Å². The molecule has 0 radical (unpaired) electrons. The van der Waals surface area contributed by atoms with Crippen molar-refractivity contribution in [3.63, 3.8) is 0 Å². The first kappa shape index (κ1) is 9.67. The highest BCUT2D eigenvalue weighted by Crippen LogP contribution is 2.30. The highest BCUT2D eigenvalue weighted by Gasteiger charge is 2.08. The number of benzene rings is 1. The minimum atomic E-state index is -0.140. The summed E-state index contributed by atoms with van der Waals surface area (Å²) in [5, 5.41) is 8.99. The van der Waals surface area contributed by atoms with Gasteiger partial charge in [-0.1, -0.05) is 0 Å². The number of nitrogens with two attached hydrogens (primary N) is 1. The van der Waals surface area contributed by atoms with E-state index >= 15 is 0 Å². The van der Waals surface area contributed by atoms with Gasteiger partial charge in [0.05, 0.1) is 20.8 Å². The van der Waals surface area contributed by atoms with Crippen molar-refractivity contribution in [2.75, 3.05) is 20.0 Å². The van der Waals surface area contributed by atoms with Gasteiger partial charge in [0, 0.05) is 23.4 Å². The van der Waals surface area contributed by atoms with Gasteiger partial charge in [0.1, 0.15) is 11.5 Å². The maximum absolute atomic E-state index is 8.99. The lowest BCUT2D eigenvalue weighted by molar-refractivity contribution is 0.274. The summed E-state index contributed by atoms with van der Waals surface area (Å²) >= 11 is 0. The third kappa shape index (κ3) is 1.84. The molecular formula is C9H13NO3. The Morgan fingerprint density at radius 2 is 2.00 bits per heavy atom. The van der Waals surface area contributed by atoms with Crippen LogP contribution in [0.1, 0.15) is 5.56 Å². The lowest BCUT2D eigenvalue weighted by Crippen LogP contribution is -1.99. The molecule has 0 atom stereocenters. The first-order valence-corrected chi connectivity index (χ1v) is 3.84. The molecule has 0 unspecified atom stereocenters. The summed E-state index contributed by atoms with van der Waals surface area (Å²) in [6.45, 7) is -0.140. The molecule has 0 aromatic heterocycles. The van der Waals surface area contributed by atoms with E-state index < -0.39 is 0 Å². The van der Waals surface area contributed by atoms with Gasteiger partial charge in [-0.05, 0) is 0 Å². The normalized spacial score (nSPS) is 9.77. The largest absolute Gasteiger partial charge is 0.497 e. The molecule has 3 N–H and O–H groups in total. The lowest BCUT2D eigenvalue weighted by atomic mass is 10.1. The number of anilines is 1. The van der Waals surface area contributed by atoms with Gasteiger partial charge in [0.25, 0.3) is 0 Å². The van der Waals surface area contributed by atoms with Crippen molar-refractivity contribution in [1.29, 1.82) is 0 Å². The molecule has 4 heteroatoms. The predicted molar refractivity (Wildman–Crippen MR) is 49.9 cm³/mol. The Balaban J connectivity index is 3.20. The third-order valence-corrected chi connectivity index (χ3v) is 1.83. The van der Waals surface area contributed by atoms with Crippen molar-refractivity contribution in [2.24, 2.45) is 0 Å². The zero-order valence-corrected chi connectivity index (χ0v) is 7.70. The van der Waals surface area contributed by atoms with Crippen molar-refractivity contribution in [2.45, 2.75) is 6.61 Å². The van der Waals surface area contributed by atoms with Crippen LogP contribution in [0.2, 0.25) is 0 Å². The Labute approximate surface area is 76.9 Å². The van der Waals surface area contributed by atoms with E-state index in [9.17, 15) is 0 Å². The summed E-state index contributed by atoms with van der Waals surface area (Å²) in [5.41, 5.74) is 6.72. The number of nitrogen functional groups attached to an aromatic ring is 1. The van der Waals surface area contributed by atoms with Gasteiger partial charge in [-0.2, -0.15) is 0 Å². The molecule has 0 fully saturated rings. The number of methoxy groups -OCH3 is 2. The Morgan fingerprint density at radius 3 is 2.46 bits per heavy atom. The molecule has 1 aromatic rings. The van der Waals surface area contributed by atoms with Gasteiger partial charge in [-0.3, -0.25) is 0 Å². The van der Waals surface area contributed by atoms with Gasteiger partial charge in [-0.25, -0.2) is 0 Å². The fourth-order valence-corrected chi connectivity index (χ4v) is 1.11. The van der Waals surface area contributed by atoms with Crippen LogP contribution in [-0.4, -0.2) is 19.3 Å². The number of hydrogen-bond acceptors (Lipinski definition) is 4. The van der Waals surface area contributed by atoms with Crippen molar-refractivity contribution in [3.05, 3.63) is 17.7 Å². The first-order chi connectivity index (χ1) is 6.22. The number of ether oxygens (including phenoxy) is 2. The molecule has 4 nitrogen and oxygen atoms in total. The smallest absolute Gasteiger partial charge is 0.130 e. The van der Waals surface area contributed by atoms with E-state index in [-0.39, 0.29) is 6.61 Å². The molecule has 1 rings (SSSR count). The van der Waals surface area contributed by atoms with Crippen LogP contribution in [0.15, 0.2) is 12.1 Å². The van der Waals surface area contributed by atoms with Crippen molar-refractivity contribution >= 4 is 5.69 Å². The minimum absolute atomic E-state index is 0.140. The molecule has 1 aromatic carbocycles.